The van der Waals surface area contributed by atoms with Crippen LogP contribution in [-0.4, -0.2) is 4.98 Å². The number of aromatic nitrogens is 1. The third-order valence-electron chi connectivity index (χ3n) is 2.27. The number of thiophene rings is 1. The van der Waals surface area contributed by atoms with Crippen molar-refractivity contribution in [3.8, 4) is 0 Å². The fraction of sp³-hybridized carbons (Fsp3) is 0.182. The standard InChI is InChI=1S/C11H11BrN2S/c1-7-2-3-15-11(7)10(13)8-4-9(12)6-14-5-8/h2-6,10H,13H2,1H3. The van der Waals surface area contributed by atoms with Gasteiger partial charge in [-0.3, -0.25) is 4.98 Å². The molecule has 1 unspecified atom stereocenters. The van der Waals surface area contributed by atoms with Gasteiger partial charge in [-0.15, -0.1) is 11.3 Å². The lowest BCUT2D eigenvalue weighted by atomic mass is 10.1. The van der Waals surface area contributed by atoms with Crippen LogP contribution in [0.15, 0.2) is 34.4 Å². The number of hydrogen-bond donors (Lipinski definition) is 1. The third kappa shape index (κ3) is 2.27. The molecular formula is C11H11BrN2S. The molecule has 0 saturated carbocycles. The number of aryl methyl sites for hydroxylation is 1. The smallest absolute Gasteiger partial charge is 0.0664 e. The predicted molar refractivity (Wildman–Crippen MR) is 67.0 cm³/mol. The highest BCUT2D eigenvalue weighted by Crippen LogP contribution is 2.27. The molecule has 2 N–H and O–H groups in total. The third-order valence-corrected chi connectivity index (χ3v) is 3.81. The highest BCUT2D eigenvalue weighted by atomic mass is 79.9. The molecule has 1 atom stereocenters. The summed E-state index contributed by atoms with van der Waals surface area (Å²) in [5, 5.41) is 2.07. The van der Waals surface area contributed by atoms with Crippen LogP contribution in [0.2, 0.25) is 0 Å². The molecule has 0 aliphatic carbocycles. The summed E-state index contributed by atoms with van der Waals surface area (Å²) in [7, 11) is 0. The van der Waals surface area contributed by atoms with E-state index in [9.17, 15) is 0 Å². The number of pyridine rings is 1. The van der Waals surface area contributed by atoms with E-state index < -0.39 is 0 Å². The van der Waals surface area contributed by atoms with Gasteiger partial charge in [0.05, 0.1) is 6.04 Å². The van der Waals surface area contributed by atoms with Crippen LogP contribution >= 0.6 is 27.3 Å². The van der Waals surface area contributed by atoms with Crippen LogP contribution in [0.1, 0.15) is 22.0 Å². The van der Waals surface area contributed by atoms with Crippen molar-refractivity contribution < 1.29 is 0 Å². The van der Waals surface area contributed by atoms with E-state index in [0.29, 0.717) is 0 Å². The highest BCUT2D eigenvalue weighted by molar-refractivity contribution is 9.10. The molecule has 4 heteroatoms. The molecule has 0 spiro atoms. The van der Waals surface area contributed by atoms with Crippen LogP contribution in [0.25, 0.3) is 0 Å². The summed E-state index contributed by atoms with van der Waals surface area (Å²) in [6.07, 6.45) is 3.58. The second-order valence-corrected chi connectivity index (χ2v) is 5.25. The van der Waals surface area contributed by atoms with Gasteiger partial charge < -0.3 is 5.73 Å². The van der Waals surface area contributed by atoms with Gasteiger partial charge in [0, 0.05) is 21.7 Å². The predicted octanol–water partition coefficient (Wildman–Crippen LogP) is 3.26. The normalized spacial score (nSPS) is 12.7. The fourth-order valence-electron chi connectivity index (χ4n) is 1.45. The number of rotatable bonds is 2. The van der Waals surface area contributed by atoms with E-state index in [1.807, 2.05) is 12.3 Å². The summed E-state index contributed by atoms with van der Waals surface area (Å²) in [5.74, 6) is 0. The first kappa shape index (κ1) is 10.8. The molecule has 2 aromatic rings. The molecule has 0 saturated heterocycles. The zero-order valence-electron chi connectivity index (χ0n) is 8.27. The van der Waals surface area contributed by atoms with Crippen molar-refractivity contribution in [3.05, 3.63) is 50.4 Å². The lowest BCUT2D eigenvalue weighted by Gasteiger charge is -2.11. The number of hydrogen-bond acceptors (Lipinski definition) is 3. The zero-order chi connectivity index (χ0) is 10.8. The van der Waals surface area contributed by atoms with Gasteiger partial charge in [-0.1, -0.05) is 0 Å². The maximum Gasteiger partial charge on any atom is 0.0664 e. The molecule has 0 bridgehead atoms. The van der Waals surface area contributed by atoms with Crippen molar-refractivity contribution in [2.45, 2.75) is 13.0 Å². The van der Waals surface area contributed by atoms with Crippen molar-refractivity contribution in [2.24, 2.45) is 5.73 Å². The molecule has 2 heterocycles. The van der Waals surface area contributed by atoms with Crippen molar-refractivity contribution in [1.82, 2.24) is 4.98 Å². The van der Waals surface area contributed by atoms with Crippen LogP contribution < -0.4 is 5.73 Å². The van der Waals surface area contributed by atoms with Gasteiger partial charge in [0.1, 0.15) is 0 Å². The van der Waals surface area contributed by atoms with Gasteiger partial charge >= 0.3 is 0 Å². The molecule has 78 valence electrons. The maximum atomic E-state index is 6.18. The van der Waals surface area contributed by atoms with Gasteiger partial charge in [-0.2, -0.15) is 0 Å². The van der Waals surface area contributed by atoms with E-state index in [0.717, 1.165) is 10.0 Å². The van der Waals surface area contributed by atoms with E-state index >= 15 is 0 Å². The van der Waals surface area contributed by atoms with Crippen molar-refractivity contribution >= 4 is 27.3 Å². The summed E-state index contributed by atoms with van der Waals surface area (Å²) in [6.45, 7) is 2.08. The molecule has 2 aromatic heterocycles. The van der Waals surface area contributed by atoms with Crippen molar-refractivity contribution in [1.29, 1.82) is 0 Å². The molecule has 0 aromatic carbocycles. The SMILES string of the molecule is Cc1ccsc1C(N)c1cncc(Br)c1. The molecule has 0 amide bonds. The first-order valence-electron chi connectivity index (χ1n) is 4.58. The van der Waals surface area contributed by atoms with E-state index in [1.165, 1.54) is 10.4 Å². The average molecular weight is 283 g/mol. The van der Waals surface area contributed by atoms with Crippen LogP contribution in [0.3, 0.4) is 0 Å². The van der Waals surface area contributed by atoms with Gasteiger partial charge in [-0.25, -0.2) is 0 Å². The minimum absolute atomic E-state index is 0.0741. The van der Waals surface area contributed by atoms with Crippen LogP contribution in [0, 0.1) is 6.92 Å². The first-order chi connectivity index (χ1) is 7.18. The average Bonchev–Trinajstić information content (AvgIpc) is 2.63. The molecule has 15 heavy (non-hydrogen) atoms. The summed E-state index contributed by atoms with van der Waals surface area (Å²) in [4.78, 5) is 5.33. The molecule has 0 aliphatic heterocycles. The largest absolute Gasteiger partial charge is 0.320 e. The highest BCUT2D eigenvalue weighted by Gasteiger charge is 2.13. The zero-order valence-corrected chi connectivity index (χ0v) is 10.7. The quantitative estimate of drug-likeness (QED) is 0.918. The minimum atomic E-state index is -0.0741. The second kappa shape index (κ2) is 4.43. The Morgan fingerprint density at radius 1 is 1.47 bits per heavy atom. The van der Waals surface area contributed by atoms with Gasteiger partial charge in [0.2, 0.25) is 0 Å². The van der Waals surface area contributed by atoms with E-state index in [2.05, 4.69) is 39.3 Å². The maximum absolute atomic E-state index is 6.18. The molecule has 2 rings (SSSR count). The summed E-state index contributed by atoms with van der Waals surface area (Å²) in [6, 6.07) is 4.03. The summed E-state index contributed by atoms with van der Waals surface area (Å²) < 4.78 is 0.963. The number of nitrogens with two attached hydrogens (primary N) is 1. The summed E-state index contributed by atoms with van der Waals surface area (Å²) in [5.41, 5.74) is 8.46. The Hall–Kier alpha value is -0.710. The fourth-order valence-corrected chi connectivity index (χ4v) is 2.79. The van der Waals surface area contributed by atoms with Gasteiger partial charge in [0.15, 0.2) is 0 Å². The lowest BCUT2D eigenvalue weighted by Crippen LogP contribution is -2.11. The van der Waals surface area contributed by atoms with Crippen molar-refractivity contribution in [2.75, 3.05) is 0 Å². The van der Waals surface area contributed by atoms with Gasteiger partial charge in [0.25, 0.3) is 0 Å². The van der Waals surface area contributed by atoms with Crippen LogP contribution in [0.5, 0.6) is 0 Å². The molecule has 0 fully saturated rings. The Morgan fingerprint density at radius 3 is 2.87 bits per heavy atom. The van der Waals surface area contributed by atoms with Crippen LogP contribution in [-0.2, 0) is 0 Å². The van der Waals surface area contributed by atoms with Crippen molar-refractivity contribution in [3.63, 3.8) is 0 Å². The molecular weight excluding hydrogens is 272 g/mol. The van der Waals surface area contributed by atoms with E-state index in [-0.39, 0.29) is 6.04 Å². The van der Waals surface area contributed by atoms with Gasteiger partial charge in [-0.05, 0) is 51.5 Å². The van der Waals surface area contributed by atoms with E-state index in [4.69, 9.17) is 5.73 Å². The Labute approximate surface area is 101 Å². The van der Waals surface area contributed by atoms with Crippen LogP contribution in [0.4, 0.5) is 0 Å². The Bertz CT molecular complexity index is 467. The Morgan fingerprint density at radius 2 is 2.27 bits per heavy atom. The Balaban J connectivity index is 2.36. The minimum Gasteiger partial charge on any atom is -0.320 e. The number of nitrogens with zero attached hydrogens (tertiary/aromatic N) is 1. The molecule has 0 aliphatic rings. The second-order valence-electron chi connectivity index (χ2n) is 3.38. The monoisotopic (exact) mass is 282 g/mol. The Kier molecular flexibility index (Phi) is 3.19. The summed E-state index contributed by atoms with van der Waals surface area (Å²) >= 11 is 5.09. The molecule has 2 nitrogen and oxygen atoms in total. The molecule has 0 radical (unpaired) electrons. The first-order valence-corrected chi connectivity index (χ1v) is 6.26. The topological polar surface area (TPSA) is 38.9 Å². The number of halogens is 1. The lowest BCUT2D eigenvalue weighted by molar-refractivity contribution is 0.875. The van der Waals surface area contributed by atoms with E-state index in [1.54, 1.807) is 17.5 Å².